The monoisotopic (exact) mass is 389 g/mol. The van der Waals surface area contributed by atoms with Crippen LogP contribution >= 0.6 is 27.3 Å². The minimum absolute atomic E-state index is 0.140. The maximum atomic E-state index is 12.4. The Hall–Kier alpha value is -0.730. The van der Waals surface area contributed by atoms with Gasteiger partial charge in [-0.1, -0.05) is 13.0 Å². The van der Waals surface area contributed by atoms with E-state index in [1.165, 1.54) is 10.9 Å². The summed E-state index contributed by atoms with van der Waals surface area (Å²) in [6.45, 7) is 2.14. The molecule has 0 atom stereocenters. The molecule has 0 unspecified atom stereocenters. The highest BCUT2D eigenvalue weighted by molar-refractivity contribution is 9.10. The van der Waals surface area contributed by atoms with Crippen molar-refractivity contribution in [3.05, 3.63) is 50.1 Å². The van der Waals surface area contributed by atoms with Gasteiger partial charge in [0.2, 0.25) is 10.0 Å². The highest BCUT2D eigenvalue weighted by Crippen LogP contribution is 2.24. The molecule has 21 heavy (non-hydrogen) atoms. The third-order valence-electron chi connectivity index (χ3n) is 2.97. The van der Waals surface area contributed by atoms with Crippen molar-refractivity contribution in [2.45, 2.75) is 31.4 Å². The van der Waals surface area contributed by atoms with Crippen molar-refractivity contribution in [3.8, 4) is 0 Å². The van der Waals surface area contributed by atoms with Gasteiger partial charge >= 0.3 is 0 Å². The topological polar surface area (TPSA) is 66.4 Å². The number of rotatable bonds is 6. The Morgan fingerprint density at radius 3 is 2.57 bits per heavy atom. The Bertz CT molecular complexity index is 726. The lowest BCUT2D eigenvalue weighted by Gasteiger charge is -2.09. The summed E-state index contributed by atoms with van der Waals surface area (Å²) in [5.41, 5.74) is 0.558. The van der Waals surface area contributed by atoms with Gasteiger partial charge in [0.05, 0.1) is 11.5 Å². The van der Waals surface area contributed by atoms with Crippen LogP contribution in [0.1, 0.15) is 22.2 Å². The molecule has 1 heterocycles. The van der Waals surface area contributed by atoms with Gasteiger partial charge in [-0.05, 0) is 52.2 Å². The number of hydrogen-bond acceptors (Lipinski definition) is 4. The molecule has 0 fully saturated rings. The fraction of sp³-hybridized carbons (Fsp3) is 0.286. The summed E-state index contributed by atoms with van der Waals surface area (Å²) in [4.78, 5) is 2.35. The molecule has 2 rings (SSSR count). The zero-order valence-electron chi connectivity index (χ0n) is 11.5. The second-order valence-electron chi connectivity index (χ2n) is 4.47. The fourth-order valence-electron chi connectivity index (χ4n) is 1.80. The summed E-state index contributed by atoms with van der Waals surface area (Å²) in [6, 6.07) is 8.72. The molecule has 1 aromatic heterocycles. The smallest absolute Gasteiger partial charge is 0.242 e. The average Bonchev–Trinajstić information content (AvgIpc) is 2.94. The minimum atomic E-state index is -3.62. The normalized spacial score (nSPS) is 11.8. The van der Waals surface area contributed by atoms with Crippen LogP contribution < -0.4 is 4.72 Å². The average molecular weight is 390 g/mol. The Morgan fingerprint density at radius 2 is 1.95 bits per heavy atom. The van der Waals surface area contributed by atoms with E-state index < -0.39 is 10.0 Å². The molecule has 0 spiro atoms. The summed E-state index contributed by atoms with van der Waals surface area (Å²) >= 11 is 4.84. The number of benzene rings is 1. The van der Waals surface area contributed by atoms with Gasteiger partial charge in [-0.3, -0.25) is 0 Å². The third-order valence-corrected chi connectivity index (χ3v) is 6.59. The first-order chi connectivity index (χ1) is 9.96. The molecule has 2 aromatic rings. The number of hydrogen-bond donors (Lipinski definition) is 2. The molecule has 0 saturated heterocycles. The van der Waals surface area contributed by atoms with Crippen LogP contribution in [-0.2, 0) is 29.6 Å². The zero-order chi connectivity index (χ0) is 15.5. The van der Waals surface area contributed by atoms with Crippen LogP contribution in [0.2, 0.25) is 0 Å². The summed E-state index contributed by atoms with van der Waals surface area (Å²) < 4.78 is 27.8. The van der Waals surface area contributed by atoms with Gasteiger partial charge in [-0.15, -0.1) is 11.3 Å². The van der Waals surface area contributed by atoms with Crippen molar-refractivity contribution < 1.29 is 13.5 Å². The lowest BCUT2D eigenvalue weighted by Crippen LogP contribution is -2.23. The lowest BCUT2D eigenvalue weighted by atomic mass is 10.2. The first kappa shape index (κ1) is 16.6. The van der Waals surface area contributed by atoms with E-state index in [0.29, 0.717) is 10.0 Å². The number of aliphatic hydroxyl groups is 1. The highest BCUT2D eigenvalue weighted by atomic mass is 79.9. The fourth-order valence-corrected chi connectivity index (χ4v) is 4.81. The van der Waals surface area contributed by atoms with E-state index in [0.717, 1.165) is 11.3 Å². The van der Waals surface area contributed by atoms with Crippen molar-refractivity contribution in [3.63, 3.8) is 0 Å². The van der Waals surface area contributed by atoms with E-state index >= 15 is 0 Å². The minimum Gasteiger partial charge on any atom is -0.392 e. The summed E-state index contributed by atoms with van der Waals surface area (Å²) in [5, 5.41) is 9.13. The molecular formula is C14H16BrNO3S2. The quantitative estimate of drug-likeness (QED) is 0.797. The maximum absolute atomic E-state index is 12.4. The molecule has 0 aliphatic rings. The standard InChI is InChI=1S/C14H16BrNO3S2/c1-2-11-4-5-12(20-11)8-16-21(18,19)14-7-10(9-17)3-6-13(14)15/h3-7,16-17H,2,8-9H2,1H3. The largest absolute Gasteiger partial charge is 0.392 e. The van der Waals surface area contributed by atoms with Crippen LogP contribution in [0.15, 0.2) is 39.7 Å². The number of halogens is 1. The van der Waals surface area contributed by atoms with Crippen molar-refractivity contribution in [2.75, 3.05) is 0 Å². The number of thiophene rings is 1. The predicted octanol–water partition coefficient (Wildman–Crippen LogP) is 3.04. The van der Waals surface area contributed by atoms with Crippen LogP contribution in [0.4, 0.5) is 0 Å². The Labute approximate surface area is 137 Å². The van der Waals surface area contributed by atoms with Crippen LogP contribution in [0, 0.1) is 0 Å². The molecule has 0 bridgehead atoms. The number of sulfonamides is 1. The van der Waals surface area contributed by atoms with E-state index in [1.807, 2.05) is 12.1 Å². The van der Waals surface area contributed by atoms with E-state index in [9.17, 15) is 8.42 Å². The number of aliphatic hydroxyl groups excluding tert-OH is 1. The Balaban J connectivity index is 2.18. The van der Waals surface area contributed by atoms with Crippen LogP contribution in [0.3, 0.4) is 0 Å². The summed E-state index contributed by atoms with van der Waals surface area (Å²) in [6.07, 6.45) is 0.946. The van der Waals surface area contributed by atoms with E-state index in [4.69, 9.17) is 5.11 Å². The van der Waals surface area contributed by atoms with Gasteiger partial charge in [0, 0.05) is 20.8 Å². The molecule has 0 amide bonds. The van der Waals surface area contributed by atoms with Crippen molar-refractivity contribution in [1.82, 2.24) is 4.72 Å². The Morgan fingerprint density at radius 1 is 1.24 bits per heavy atom. The number of aryl methyl sites for hydroxylation is 1. The van der Waals surface area contributed by atoms with E-state index in [1.54, 1.807) is 23.5 Å². The molecule has 1 aromatic carbocycles. The molecule has 0 radical (unpaired) electrons. The molecule has 0 saturated carbocycles. The molecule has 7 heteroatoms. The molecule has 114 valence electrons. The third kappa shape index (κ3) is 4.14. The molecular weight excluding hydrogens is 374 g/mol. The van der Waals surface area contributed by atoms with Crippen LogP contribution in [-0.4, -0.2) is 13.5 Å². The van der Waals surface area contributed by atoms with Crippen molar-refractivity contribution in [1.29, 1.82) is 0 Å². The molecule has 2 N–H and O–H groups in total. The number of nitrogens with one attached hydrogen (secondary N) is 1. The van der Waals surface area contributed by atoms with Gasteiger partial charge in [0.1, 0.15) is 0 Å². The molecule has 4 nitrogen and oxygen atoms in total. The first-order valence-electron chi connectivity index (χ1n) is 6.43. The van der Waals surface area contributed by atoms with E-state index in [-0.39, 0.29) is 18.0 Å². The lowest BCUT2D eigenvalue weighted by molar-refractivity contribution is 0.281. The van der Waals surface area contributed by atoms with Crippen molar-refractivity contribution in [2.24, 2.45) is 0 Å². The van der Waals surface area contributed by atoms with Crippen LogP contribution in [0.25, 0.3) is 0 Å². The SMILES string of the molecule is CCc1ccc(CNS(=O)(=O)c2cc(CO)ccc2Br)s1. The van der Waals surface area contributed by atoms with E-state index in [2.05, 4.69) is 27.6 Å². The first-order valence-corrected chi connectivity index (χ1v) is 9.52. The van der Waals surface area contributed by atoms with Crippen molar-refractivity contribution >= 4 is 37.3 Å². The predicted molar refractivity (Wildman–Crippen MR) is 87.8 cm³/mol. The highest BCUT2D eigenvalue weighted by Gasteiger charge is 2.18. The molecule has 0 aliphatic heterocycles. The Kier molecular flexibility index (Phi) is 5.56. The van der Waals surface area contributed by atoms with Gasteiger partial charge in [0.15, 0.2) is 0 Å². The second-order valence-corrected chi connectivity index (χ2v) is 8.31. The maximum Gasteiger partial charge on any atom is 0.242 e. The zero-order valence-corrected chi connectivity index (χ0v) is 14.7. The summed E-state index contributed by atoms with van der Waals surface area (Å²) in [7, 11) is -3.62. The van der Waals surface area contributed by atoms with Gasteiger partial charge in [0.25, 0.3) is 0 Å². The van der Waals surface area contributed by atoms with Gasteiger partial charge in [-0.25, -0.2) is 13.1 Å². The van der Waals surface area contributed by atoms with Crippen LogP contribution in [0.5, 0.6) is 0 Å². The second kappa shape index (κ2) is 7.02. The summed E-state index contributed by atoms with van der Waals surface area (Å²) in [5.74, 6) is 0. The molecule has 0 aliphatic carbocycles. The van der Waals surface area contributed by atoms with Gasteiger partial charge < -0.3 is 5.11 Å². The van der Waals surface area contributed by atoms with Gasteiger partial charge in [-0.2, -0.15) is 0 Å².